The Hall–Kier alpha value is 0.200. The average Bonchev–Trinajstić information content (AvgIpc) is 1.86. The van der Waals surface area contributed by atoms with Gasteiger partial charge in [0.1, 0.15) is 0 Å². The van der Waals surface area contributed by atoms with Gasteiger partial charge in [0, 0.05) is 17.3 Å². The molecule has 66 valence electrons. The quantitative estimate of drug-likeness (QED) is 0.590. The van der Waals surface area contributed by atoms with E-state index in [0.717, 1.165) is 0 Å². The molecule has 1 rings (SSSR count). The molecule has 1 aliphatic heterocycles. The summed E-state index contributed by atoms with van der Waals surface area (Å²) >= 11 is 0. The van der Waals surface area contributed by atoms with Crippen molar-refractivity contribution in [1.82, 2.24) is 0 Å². The van der Waals surface area contributed by atoms with Gasteiger partial charge in [-0.25, -0.2) is 8.42 Å². The molecule has 3 nitrogen and oxygen atoms in total. The Balaban J connectivity index is 2.70. The maximum Gasteiger partial charge on any atom is 0.235 e. The fraction of sp³-hybridized carbons (Fsp3) is 1.00. The number of ether oxygens (including phenoxy) is 1. The van der Waals surface area contributed by atoms with Crippen LogP contribution < -0.4 is 0 Å². The zero-order chi connectivity index (χ0) is 8.48. The van der Waals surface area contributed by atoms with Gasteiger partial charge in [0.2, 0.25) is 9.05 Å². The van der Waals surface area contributed by atoms with Gasteiger partial charge >= 0.3 is 0 Å². The van der Waals surface area contributed by atoms with Crippen LogP contribution in [0.5, 0.6) is 0 Å². The molecule has 0 N–H and O–H groups in total. The summed E-state index contributed by atoms with van der Waals surface area (Å²) in [5.41, 5.74) is 0. The lowest BCUT2D eigenvalue weighted by molar-refractivity contribution is 0.0641. The molecule has 0 aromatic carbocycles. The number of rotatable bonds is 1. The summed E-state index contributed by atoms with van der Waals surface area (Å²) in [6, 6.07) is 0. The molecule has 0 aromatic heterocycles. The van der Waals surface area contributed by atoms with Crippen molar-refractivity contribution in [1.29, 1.82) is 0 Å². The number of hydrogen-bond acceptors (Lipinski definition) is 3. The molecule has 1 heterocycles. The molecule has 0 aliphatic carbocycles. The van der Waals surface area contributed by atoms with Crippen LogP contribution in [-0.2, 0) is 13.8 Å². The van der Waals surface area contributed by atoms with Gasteiger partial charge in [-0.15, -0.1) is 0 Å². The molecule has 1 saturated heterocycles. The van der Waals surface area contributed by atoms with E-state index >= 15 is 0 Å². The van der Waals surface area contributed by atoms with Crippen LogP contribution in [0.4, 0.5) is 0 Å². The molecule has 0 radical (unpaired) electrons. The van der Waals surface area contributed by atoms with E-state index in [1.54, 1.807) is 0 Å². The monoisotopic (exact) mass is 198 g/mol. The lowest BCUT2D eigenvalue weighted by atomic mass is 10.0. The van der Waals surface area contributed by atoms with E-state index < -0.39 is 14.3 Å². The Bertz CT molecular complexity index is 224. The highest BCUT2D eigenvalue weighted by atomic mass is 35.7. The van der Waals surface area contributed by atoms with Gasteiger partial charge in [-0.1, -0.05) is 6.92 Å². The molecule has 1 aliphatic rings. The third-order valence-corrected chi connectivity index (χ3v) is 4.03. The van der Waals surface area contributed by atoms with Gasteiger partial charge in [0.05, 0.1) is 11.9 Å². The Labute approximate surface area is 71.1 Å². The van der Waals surface area contributed by atoms with Gasteiger partial charge in [-0.2, -0.15) is 0 Å². The van der Waals surface area contributed by atoms with E-state index in [0.29, 0.717) is 19.6 Å². The van der Waals surface area contributed by atoms with Crippen LogP contribution in [0.2, 0.25) is 0 Å². The average molecular weight is 199 g/mol. The van der Waals surface area contributed by atoms with Crippen LogP contribution in [0.15, 0.2) is 0 Å². The van der Waals surface area contributed by atoms with E-state index in [-0.39, 0.29) is 5.92 Å². The van der Waals surface area contributed by atoms with Crippen LogP contribution in [0.3, 0.4) is 0 Å². The van der Waals surface area contributed by atoms with Crippen LogP contribution in [0.25, 0.3) is 0 Å². The molecule has 0 unspecified atom stereocenters. The van der Waals surface area contributed by atoms with Gasteiger partial charge in [-0.05, 0) is 12.3 Å². The fourth-order valence-corrected chi connectivity index (χ4v) is 3.08. The normalized spacial score (nSPS) is 33.6. The van der Waals surface area contributed by atoms with Crippen LogP contribution >= 0.6 is 10.7 Å². The fourth-order valence-electron chi connectivity index (χ4n) is 1.28. The van der Waals surface area contributed by atoms with Crippen molar-refractivity contribution >= 4 is 19.7 Å². The lowest BCUT2D eigenvalue weighted by Crippen LogP contribution is -2.33. The third-order valence-electron chi connectivity index (χ3n) is 1.92. The van der Waals surface area contributed by atoms with Crippen molar-refractivity contribution in [3.63, 3.8) is 0 Å². The second-order valence-corrected chi connectivity index (χ2v) is 5.70. The molecule has 2 atom stereocenters. The Morgan fingerprint density at radius 2 is 2.18 bits per heavy atom. The van der Waals surface area contributed by atoms with Crippen molar-refractivity contribution in [3.8, 4) is 0 Å². The summed E-state index contributed by atoms with van der Waals surface area (Å²) in [6.07, 6.45) is 0.521. The predicted molar refractivity (Wildman–Crippen MR) is 43.2 cm³/mol. The smallest absolute Gasteiger partial charge is 0.235 e. The van der Waals surface area contributed by atoms with Crippen LogP contribution in [0, 0.1) is 5.92 Å². The summed E-state index contributed by atoms with van der Waals surface area (Å²) < 4.78 is 26.9. The zero-order valence-corrected chi connectivity index (χ0v) is 7.86. The van der Waals surface area contributed by atoms with Crippen LogP contribution in [0.1, 0.15) is 13.3 Å². The first kappa shape index (κ1) is 9.29. The van der Waals surface area contributed by atoms with Gasteiger partial charge in [0.15, 0.2) is 0 Å². The summed E-state index contributed by atoms with van der Waals surface area (Å²) in [7, 11) is 1.84. The molecule has 0 amide bonds. The first-order chi connectivity index (χ1) is 5.02. The van der Waals surface area contributed by atoms with Crippen molar-refractivity contribution in [3.05, 3.63) is 0 Å². The number of halogens is 1. The maximum atomic E-state index is 10.9. The minimum Gasteiger partial charge on any atom is -0.381 e. The first-order valence-electron chi connectivity index (χ1n) is 3.53. The molecule has 0 bridgehead atoms. The summed E-state index contributed by atoms with van der Waals surface area (Å²) in [4.78, 5) is 0. The summed E-state index contributed by atoms with van der Waals surface area (Å²) in [6.45, 7) is 2.83. The largest absolute Gasteiger partial charge is 0.381 e. The predicted octanol–water partition coefficient (Wildman–Crippen LogP) is 0.980. The van der Waals surface area contributed by atoms with E-state index in [2.05, 4.69) is 0 Å². The Kier molecular flexibility index (Phi) is 2.78. The second-order valence-electron chi connectivity index (χ2n) is 2.85. The molecular formula is C6H11ClO3S. The van der Waals surface area contributed by atoms with Gasteiger partial charge in [0.25, 0.3) is 0 Å². The second kappa shape index (κ2) is 3.29. The molecule has 11 heavy (non-hydrogen) atoms. The lowest BCUT2D eigenvalue weighted by Gasteiger charge is -2.25. The standard InChI is InChI=1S/C6H11ClO3S/c1-5-4-10-3-2-6(5)11(7,8)9/h5-6H,2-4H2,1H3/t5-,6+/m1/s1. The molecule has 0 spiro atoms. The van der Waals surface area contributed by atoms with Gasteiger partial charge in [-0.3, -0.25) is 0 Å². The molecule has 0 aromatic rings. The number of hydrogen-bond donors (Lipinski definition) is 0. The van der Waals surface area contributed by atoms with Crippen molar-refractivity contribution in [2.75, 3.05) is 13.2 Å². The minimum absolute atomic E-state index is 0.0197. The van der Waals surface area contributed by atoms with Crippen molar-refractivity contribution in [2.24, 2.45) is 5.92 Å². The highest BCUT2D eigenvalue weighted by Gasteiger charge is 2.31. The van der Waals surface area contributed by atoms with E-state index in [9.17, 15) is 8.42 Å². The Morgan fingerprint density at radius 3 is 2.55 bits per heavy atom. The molecule has 0 saturated carbocycles. The molecular weight excluding hydrogens is 188 g/mol. The highest BCUT2D eigenvalue weighted by Crippen LogP contribution is 2.23. The van der Waals surface area contributed by atoms with Crippen LogP contribution in [-0.4, -0.2) is 26.9 Å². The maximum absolute atomic E-state index is 10.9. The molecule has 5 heteroatoms. The van der Waals surface area contributed by atoms with E-state index in [1.807, 2.05) is 6.92 Å². The molecule has 1 fully saturated rings. The minimum atomic E-state index is -3.38. The first-order valence-corrected chi connectivity index (χ1v) is 5.90. The van der Waals surface area contributed by atoms with Crippen molar-refractivity contribution in [2.45, 2.75) is 18.6 Å². The topological polar surface area (TPSA) is 43.4 Å². The highest BCUT2D eigenvalue weighted by molar-refractivity contribution is 8.14. The summed E-state index contributed by atoms with van der Waals surface area (Å²) in [5, 5.41) is -0.419. The zero-order valence-electron chi connectivity index (χ0n) is 6.29. The SMILES string of the molecule is C[C@@H]1COCC[C@@H]1S(=O)(=O)Cl. The van der Waals surface area contributed by atoms with E-state index in [1.165, 1.54) is 0 Å². The summed E-state index contributed by atoms with van der Waals surface area (Å²) in [5.74, 6) is 0.0197. The van der Waals surface area contributed by atoms with E-state index in [4.69, 9.17) is 15.4 Å². The third kappa shape index (κ3) is 2.32. The Morgan fingerprint density at radius 1 is 1.55 bits per heavy atom. The van der Waals surface area contributed by atoms with Gasteiger partial charge < -0.3 is 4.74 Å². The van der Waals surface area contributed by atoms with Crippen molar-refractivity contribution < 1.29 is 13.2 Å².